The second-order valence-corrected chi connectivity index (χ2v) is 4.21. The smallest absolute Gasteiger partial charge is 0.369 e. The number of fused-ring (bicyclic) bond motifs is 1. The van der Waals surface area contributed by atoms with Gasteiger partial charge in [0.25, 0.3) is 5.56 Å². The van der Waals surface area contributed by atoms with E-state index in [1.165, 1.54) is 6.33 Å². The van der Waals surface area contributed by atoms with Crippen molar-refractivity contribution in [2.24, 2.45) is 0 Å². The summed E-state index contributed by atoms with van der Waals surface area (Å²) in [6.45, 7) is 0. The molecule has 2 aromatic rings. The van der Waals surface area contributed by atoms with Crippen molar-refractivity contribution in [2.45, 2.75) is 0 Å². The van der Waals surface area contributed by atoms with Crippen LogP contribution in [0.4, 0.5) is 5.95 Å². The highest BCUT2D eigenvalue weighted by Gasteiger charge is 2.31. The molecule has 13 heteroatoms. The Kier molecular flexibility index (Phi) is 4.95. The fourth-order valence-electron chi connectivity index (χ4n) is 0.920. The quantitative estimate of drug-likeness (QED) is 0.456. The zero-order valence-corrected chi connectivity index (χ0v) is 10.3. The third-order valence-corrected chi connectivity index (χ3v) is 2.57. The van der Waals surface area contributed by atoms with Gasteiger partial charge in [-0.15, -0.1) is 9.79 Å². The lowest BCUT2D eigenvalue weighted by Crippen LogP contribution is -2.10. The normalized spacial score (nSPS) is 11.7. The lowest BCUT2D eigenvalue weighted by molar-refractivity contribution is 0.371. The molecule has 18 heavy (non-hydrogen) atoms. The molecule has 0 spiro atoms. The monoisotopic (exact) mass is 295 g/mol. The van der Waals surface area contributed by atoms with Crippen LogP contribution in [0.1, 0.15) is 0 Å². The van der Waals surface area contributed by atoms with E-state index in [1.807, 2.05) is 0 Å². The van der Waals surface area contributed by atoms with Gasteiger partial charge in [0, 0.05) is 9.13 Å². The van der Waals surface area contributed by atoms with E-state index in [1.54, 1.807) is 0 Å². The van der Waals surface area contributed by atoms with Crippen molar-refractivity contribution in [1.82, 2.24) is 19.9 Å². The molecule has 11 nitrogen and oxygen atoms in total. The van der Waals surface area contributed by atoms with Crippen molar-refractivity contribution in [3.05, 3.63) is 16.7 Å². The molecule has 0 aliphatic heterocycles. The van der Waals surface area contributed by atoms with Crippen molar-refractivity contribution < 1.29 is 23.2 Å². The number of nitrogens with one attached hydrogen (secondary N) is 2. The van der Waals surface area contributed by atoms with E-state index in [0.717, 1.165) is 0 Å². The van der Waals surface area contributed by atoms with Gasteiger partial charge in [-0.25, -0.2) is 4.98 Å². The largest absolute Gasteiger partial charge is 0.745 e. The Morgan fingerprint density at radius 2 is 1.94 bits per heavy atom. The van der Waals surface area contributed by atoms with Crippen LogP contribution in [-0.2, 0) is 13.4 Å². The van der Waals surface area contributed by atoms with Gasteiger partial charge in [0.15, 0.2) is 15.5 Å². The minimum absolute atomic E-state index is 0.0783. The minimum atomic E-state index is -2.92. The summed E-state index contributed by atoms with van der Waals surface area (Å²) in [5.41, 5.74) is 5.65. The second kappa shape index (κ2) is 6.24. The van der Waals surface area contributed by atoms with Crippen LogP contribution in [0, 0.1) is 0 Å². The predicted octanol–water partition coefficient (Wildman–Crippen LogP) is -0.469. The number of aromatic nitrogens is 4. The van der Waals surface area contributed by atoms with Crippen LogP contribution in [0.2, 0.25) is 0 Å². The van der Waals surface area contributed by atoms with E-state index >= 15 is 0 Å². The molecule has 0 aromatic carbocycles. The Morgan fingerprint density at radius 1 is 1.33 bits per heavy atom. The summed E-state index contributed by atoms with van der Waals surface area (Å²) in [5, 5.41) is 0. The second-order valence-electron chi connectivity index (χ2n) is 2.61. The molecule has 0 saturated carbocycles. The van der Waals surface area contributed by atoms with Gasteiger partial charge in [-0.3, -0.25) is 9.78 Å². The summed E-state index contributed by atoms with van der Waals surface area (Å²) in [6.07, 6.45) is 1.40. The molecule has 2 atom stereocenters. The van der Waals surface area contributed by atoms with Crippen molar-refractivity contribution in [3.63, 3.8) is 0 Å². The number of nitrogens with zero attached hydrogens (tertiary/aromatic N) is 2. The first kappa shape index (κ1) is 14.3. The number of hydrogen-bond donors (Lipinski definition) is 5. The number of nitrogens with two attached hydrogens (primary N) is 1. The summed E-state index contributed by atoms with van der Waals surface area (Å²) in [5.74, 6) is 0.0783. The van der Waals surface area contributed by atoms with E-state index < -0.39 is 16.5 Å². The molecule has 0 radical (unpaired) electrons. The average Bonchev–Trinajstić information content (AvgIpc) is 2.63. The minimum Gasteiger partial charge on any atom is -0.369 e. The number of rotatable bonds is 2. The van der Waals surface area contributed by atoms with Gasteiger partial charge < -0.3 is 10.7 Å². The first-order chi connectivity index (χ1) is 8.40. The van der Waals surface area contributed by atoms with Gasteiger partial charge in [-0.05, 0) is 0 Å². The Morgan fingerprint density at radius 3 is 2.44 bits per heavy atom. The highest BCUT2D eigenvalue weighted by atomic mass is 31.2. The highest BCUT2D eigenvalue weighted by molar-refractivity contribution is 7.46. The fraction of sp³-hybridized carbons (Fsp3) is 0. The summed E-state index contributed by atoms with van der Waals surface area (Å²) < 4.78 is 22.2. The molecule has 0 saturated heterocycles. The highest BCUT2D eigenvalue weighted by Crippen LogP contribution is 2.30. The summed E-state index contributed by atoms with van der Waals surface area (Å²) in [4.78, 5) is 38.9. The Labute approximate surface area is 99.9 Å². The molecule has 0 amide bonds. The Balaban J connectivity index is 0.000000203. The molecule has 0 aliphatic rings. The van der Waals surface area contributed by atoms with E-state index in [-0.39, 0.29) is 11.5 Å². The number of aromatic amines is 2. The molecule has 0 aliphatic carbocycles. The number of nitrogen functional groups attached to an aromatic ring is 1. The maximum Gasteiger partial charge on any atom is 0.745 e. The zero-order chi connectivity index (χ0) is 13.7. The molecule has 0 fully saturated rings. The fourth-order valence-corrected chi connectivity index (χ4v) is 1.40. The topological polar surface area (TPSA) is 184 Å². The van der Waals surface area contributed by atoms with Gasteiger partial charge in [-0.2, -0.15) is 4.98 Å². The molecule has 2 heterocycles. The average molecular weight is 295 g/mol. The van der Waals surface area contributed by atoms with Gasteiger partial charge >= 0.3 is 16.5 Å². The van der Waals surface area contributed by atoms with Crippen molar-refractivity contribution >= 4 is 33.6 Å². The number of anilines is 1. The van der Waals surface area contributed by atoms with Crippen molar-refractivity contribution in [3.8, 4) is 0 Å². The lowest BCUT2D eigenvalue weighted by Gasteiger charge is -1.89. The molecule has 6 N–H and O–H groups in total. The van der Waals surface area contributed by atoms with Crippen LogP contribution >= 0.6 is 16.5 Å². The maximum atomic E-state index is 11.0. The third-order valence-electron chi connectivity index (χ3n) is 1.45. The molecule has 2 rings (SSSR count). The molecule has 0 bridgehead atoms. The lowest BCUT2D eigenvalue weighted by atomic mass is 10.5. The van der Waals surface area contributed by atoms with Gasteiger partial charge in [0.2, 0.25) is 5.95 Å². The predicted molar refractivity (Wildman–Crippen MR) is 59.7 cm³/mol. The van der Waals surface area contributed by atoms with Gasteiger partial charge in [0.1, 0.15) is 0 Å². The van der Waals surface area contributed by atoms with Gasteiger partial charge in [-0.1, -0.05) is 0 Å². The number of H-pyrrole nitrogens is 2. The first-order valence-corrected chi connectivity index (χ1v) is 6.35. The molecular weight excluding hydrogens is 288 g/mol. The summed E-state index contributed by atoms with van der Waals surface area (Å²) in [6, 6.07) is 0. The third kappa shape index (κ3) is 4.24. The van der Waals surface area contributed by atoms with Crippen LogP contribution in [0.3, 0.4) is 0 Å². The van der Waals surface area contributed by atoms with Crippen LogP contribution in [0.5, 0.6) is 0 Å². The Bertz CT molecular complexity index is 625. The van der Waals surface area contributed by atoms with Crippen LogP contribution < -0.4 is 11.3 Å². The zero-order valence-electron chi connectivity index (χ0n) is 8.47. The van der Waals surface area contributed by atoms with E-state index in [9.17, 15) is 13.9 Å². The first-order valence-electron chi connectivity index (χ1n) is 4.09. The maximum absolute atomic E-state index is 11.0. The SMILES string of the molecule is Nc1nc2nc[nH]c2c(=O)[nH]1.O=[P+](O)O[P+](=O)O. The summed E-state index contributed by atoms with van der Waals surface area (Å²) in [7, 11) is -5.85. The number of hydrogen-bond acceptors (Lipinski definition) is 7. The van der Waals surface area contributed by atoms with Crippen LogP contribution in [-0.4, -0.2) is 29.7 Å². The van der Waals surface area contributed by atoms with Crippen molar-refractivity contribution in [1.29, 1.82) is 0 Å². The molecule has 2 unspecified atom stereocenters. The van der Waals surface area contributed by atoms with E-state index in [0.29, 0.717) is 11.2 Å². The summed E-state index contributed by atoms with van der Waals surface area (Å²) >= 11 is 0. The molecular formula is C5H7N5O6P2+2. The molecule has 2 aromatic heterocycles. The van der Waals surface area contributed by atoms with Crippen LogP contribution in [0.25, 0.3) is 11.2 Å². The van der Waals surface area contributed by atoms with Crippen molar-refractivity contribution in [2.75, 3.05) is 5.73 Å². The standard InChI is InChI=1S/C5H5N5O.O5P2/c6-5-9-3-2(4(11)10-5)7-1-8-3;1-6(2)5-7(3)4/h1H,(H4,6,7,8,9,10,11);/p+2. The molecule has 96 valence electrons. The Hall–Kier alpha value is -1.77. The van der Waals surface area contributed by atoms with E-state index in [2.05, 4.69) is 24.2 Å². The van der Waals surface area contributed by atoms with E-state index in [4.69, 9.17) is 15.5 Å². The number of imidazole rings is 1. The van der Waals surface area contributed by atoms with Gasteiger partial charge in [0.05, 0.1) is 6.33 Å². The van der Waals surface area contributed by atoms with Crippen LogP contribution in [0.15, 0.2) is 11.1 Å².